The Hall–Kier alpha value is -4.40. The highest BCUT2D eigenvalue weighted by Gasteiger charge is 2.15. The summed E-state index contributed by atoms with van der Waals surface area (Å²) in [7, 11) is 0. The third-order valence-corrected chi connectivity index (χ3v) is 5.49. The molecule has 0 bridgehead atoms. The van der Waals surface area contributed by atoms with Crippen molar-refractivity contribution in [3.05, 3.63) is 101 Å². The minimum absolute atomic E-state index is 0.0237. The van der Waals surface area contributed by atoms with Gasteiger partial charge in [-0.3, -0.25) is 14.6 Å². The van der Waals surface area contributed by atoms with Crippen molar-refractivity contribution < 1.29 is 22.8 Å². The van der Waals surface area contributed by atoms with Crippen molar-refractivity contribution in [1.29, 1.82) is 0 Å². The minimum atomic E-state index is -1.03. The van der Waals surface area contributed by atoms with Crippen molar-refractivity contribution in [1.82, 2.24) is 15.3 Å². The molecule has 0 aliphatic rings. The molecule has 0 fully saturated rings. The van der Waals surface area contributed by atoms with Crippen LogP contribution in [0.4, 0.5) is 14.5 Å². The third-order valence-electron chi connectivity index (χ3n) is 5.49. The maximum absolute atomic E-state index is 13.8. The average molecular weight is 491 g/mol. The molecule has 0 aliphatic heterocycles. The second kappa shape index (κ2) is 11.4. The van der Waals surface area contributed by atoms with Gasteiger partial charge in [0.1, 0.15) is 11.5 Å². The van der Waals surface area contributed by atoms with Crippen LogP contribution in [0.25, 0.3) is 11.5 Å². The highest BCUT2D eigenvalue weighted by molar-refractivity contribution is 5.91. The molecule has 9 heteroatoms. The minimum Gasteiger partial charge on any atom is -0.441 e. The number of halogens is 2. The van der Waals surface area contributed by atoms with Crippen molar-refractivity contribution in [2.45, 2.75) is 32.7 Å². The molecule has 0 radical (unpaired) electrons. The molecule has 0 unspecified atom stereocenters. The van der Waals surface area contributed by atoms with Crippen molar-refractivity contribution in [2.75, 3.05) is 5.32 Å². The van der Waals surface area contributed by atoms with E-state index in [1.165, 1.54) is 12.1 Å². The van der Waals surface area contributed by atoms with Gasteiger partial charge in [0.05, 0.1) is 13.0 Å². The first-order valence-electron chi connectivity index (χ1n) is 11.3. The molecular weight excluding hydrogens is 466 g/mol. The van der Waals surface area contributed by atoms with E-state index >= 15 is 0 Å². The maximum Gasteiger partial charge on any atom is 0.226 e. The highest BCUT2D eigenvalue weighted by Crippen LogP contribution is 2.24. The fraction of sp³-hybridized carbons (Fsp3) is 0.185. The third kappa shape index (κ3) is 6.38. The number of rotatable bonds is 9. The quantitative estimate of drug-likeness (QED) is 0.353. The number of pyridine rings is 1. The van der Waals surface area contributed by atoms with Gasteiger partial charge < -0.3 is 15.1 Å². The van der Waals surface area contributed by atoms with Crippen LogP contribution >= 0.6 is 0 Å². The van der Waals surface area contributed by atoms with E-state index in [1.807, 2.05) is 12.1 Å². The van der Waals surface area contributed by atoms with Crippen LogP contribution in [-0.2, 0) is 29.0 Å². The first-order chi connectivity index (χ1) is 17.4. The number of aromatic nitrogens is 2. The summed E-state index contributed by atoms with van der Waals surface area (Å²) in [6.45, 7) is 1.78. The number of nitrogens with zero attached hydrogens (tertiary/aromatic N) is 2. The zero-order valence-corrected chi connectivity index (χ0v) is 19.6. The predicted octanol–water partition coefficient (Wildman–Crippen LogP) is 4.75. The fourth-order valence-corrected chi connectivity index (χ4v) is 3.58. The van der Waals surface area contributed by atoms with Gasteiger partial charge in [0, 0.05) is 35.6 Å². The number of carbonyl (C=O) groups is 2. The number of benzene rings is 2. The number of hydrogen-bond donors (Lipinski definition) is 2. The molecule has 0 spiro atoms. The second-order valence-corrected chi connectivity index (χ2v) is 8.18. The van der Waals surface area contributed by atoms with Gasteiger partial charge in [-0.15, -0.1) is 0 Å². The summed E-state index contributed by atoms with van der Waals surface area (Å²) in [5, 5.41) is 5.53. The summed E-state index contributed by atoms with van der Waals surface area (Å²) < 4.78 is 32.9. The van der Waals surface area contributed by atoms with Gasteiger partial charge in [-0.2, -0.15) is 0 Å². The number of anilines is 1. The highest BCUT2D eigenvalue weighted by atomic mass is 19.2. The van der Waals surface area contributed by atoms with Crippen LogP contribution in [0.2, 0.25) is 0 Å². The van der Waals surface area contributed by atoms with Gasteiger partial charge in [0.2, 0.25) is 17.7 Å². The molecular formula is C27H24F2N4O3. The molecule has 36 heavy (non-hydrogen) atoms. The van der Waals surface area contributed by atoms with Gasteiger partial charge in [-0.05, 0) is 49.2 Å². The smallest absolute Gasteiger partial charge is 0.226 e. The van der Waals surface area contributed by atoms with E-state index in [0.717, 1.165) is 11.6 Å². The molecule has 0 saturated carbocycles. The number of hydrogen-bond acceptors (Lipinski definition) is 5. The first-order valence-corrected chi connectivity index (χ1v) is 11.3. The fourth-order valence-electron chi connectivity index (χ4n) is 3.58. The molecule has 7 nitrogen and oxygen atoms in total. The summed E-state index contributed by atoms with van der Waals surface area (Å²) in [5.41, 5.74) is 2.72. The average Bonchev–Trinajstić information content (AvgIpc) is 3.25. The number of amides is 2. The number of aryl methyl sites for hydroxylation is 2. The zero-order chi connectivity index (χ0) is 25.5. The van der Waals surface area contributed by atoms with Crippen LogP contribution in [0.5, 0.6) is 0 Å². The van der Waals surface area contributed by atoms with Gasteiger partial charge in [-0.25, -0.2) is 13.8 Å². The SMILES string of the molecule is Cc1oc(-c2cccc(NC(=O)CCc3cccnc3)c2)nc1CNC(=O)Cc1cccc(F)c1F. The molecule has 2 aromatic carbocycles. The Morgan fingerprint density at radius 3 is 2.67 bits per heavy atom. The van der Waals surface area contributed by atoms with Crippen LogP contribution in [0.15, 0.2) is 71.4 Å². The normalized spacial score (nSPS) is 10.8. The number of oxazole rings is 1. The largest absolute Gasteiger partial charge is 0.441 e. The zero-order valence-electron chi connectivity index (χ0n) is 19.6. The van der Waals surface area contributed by atoms with Crippen LogP contribution in [-0.4, -0.2) is 21.8 Å². The molecule has 2 N–H and O–H groups in total. The van der Waals surface area contributed by atoms with E-state index in [2.05, 4.69) is 20.6 Å². The van der Waals surface area contributed by atoms with Gasteiger partial charge in [0.25, 0.3) is 0 Å². The Morgan fingerprint density at radius 1 is 1.03 bits per heavy atom. The van der Waals surface area contributed by atoms with E-state index in [4.69, 9.17) is 4.42 Å². The van der Waals surface area contributed by atoms with E-state index in [9.17, 15) is 18.4 Å². The lowest BCUT2D eigenvalue weighted by molar-refractivity contribution is -0.120. The summed E-state index contributed by atoms with van der Waals surface area (Å²) in [4.78, 5) is 33.1. The second-order valence-electron chi connectivity index (χ2n) is 8.18. The van der Waals surface area contributed by atoms with Crippen LogP contribution < -0.4 is 10.6 Å². The monoisotopic (exact) mass is 490 g/mol. The van der Waals surface area contributed by atoms with E-state index in [-0.39, 0.29) is 24.4 Å². The number of carbonyl (C=O) groups excluding carboxylic acids is 2. The Kier molecular flexibility index (Phi) is 7.79. The molecule has 0 aliphatic carbocycles. The van der Waals surface area contributed by atoms with E-state index in [1.54, 1.807) is 43.6 Å². The first kappa shape index (κ1) is 24.7. The van der Waals surface area contributed by atoms with Crippen molar-refractivity contribution >= 4 is 17.5 Å². The van der Waals surface area contributed by atoms with Gasteiger partial charge >= 0.3 is 0 Å². The lowest BCUT2D eigenvalue weighted by atomic mass is 10.1. The Bertz CT molecular complexity index is 1370. The summed E-state index contributed by atoms with van der Waals surface area (Å²) in [5.74, 6) is -1.79. The number of nitrogens with one attached hydrogen (secondary N) is 2. The summed E-state index contributed by atoms with van der Waals surface area (Å²) in [6.07, 6.45) is 4.03. The van der Waals surface area contributed by atoms with Gasteiger partial charge in [-0.1, -0.05) is 24.3 Å². The molecule has 2 heterocycles. The van der Waals surface area contributed by atoms with Crippen LogP contribution in [0.1, 0.15) is 29.0 Å². The summed E-state index contributed by atoms with van der Waals surface area (Å²) >= 11 is 0. The van der Waals surface area contributed by atoms with Crippen molar-refractivity contribution in [2.24, 2.45) is 0 Å². The predicted molar refractivity (Wildman–Crippen MR) is 130 cm³/mol. The Labute approximate surface area is 206 Å². The van der Waals surface area contributed by atoms with Crippen LogP contribution in [0, 0.1) is 18.6 Å². The molecule has 4 rings (SSSR count). The Morgan fingerprint density at radius 2 is 1.86 bits per heavy atom. The molecule has 0 saturated heterocycles. The van der Waals surface area contributed by atoms with E-state index < -0.39 is 17.5 Å². The topological polar surface area (TPSA) is 97.1 Å². The summed E-state index contributed by atoms with van der Waals surface area (Å²) in [6, 6.07) is 14.6. The van der Waals surface area contributed by atoms with Crippen molar-refractivity contribution in [3.63, 3.8) is 0 Å². The van der Waals surface area contributed by atoms with Crippen molar-refractivity contribution in [3.8, 4) is 11.5 Å². The van der Waals surface area contributed by atoms with Crippen LogP contribution in [0.3, 0.4) is 0 Å². The molecule has 184 valence electrons. The van der Waals surface area contributed by atoms with Gasteiger partial charge in [0.15, 0.2) is 11.6 Å². The lowest BCUT2D eigenvalue weighted by Gasteiger charge is -2.06. The molecule has 2 aromatic heterocycles. The Balaban J connectivity index is 1.35. The standard InChI is InChI=1S/C27H24F2N4O3/c1-17-23(16-31-25(35)14-19-6-3-9-22(28)26(19)29)33-27(36-17)20-7-2-8-21(13-20)32-24(34)11-10-18-5-4-12-30-15-18/h2-9,12-13,15H,10-11,14,16H2,1H3,(H,31,35)(H,32,34). The van der Waals surface area contributed by atoms with E-state index in [0.29, 0.717) is 41.4 Å². The lowest BCUT2D eigenvalue weighted by Crippen LogP contribution is -2.25. The molecule has 0 atom stereocenters. The molecule has 4 aromatic rings. The molecule has 2 amide bonds. The maximum atomic E-state index is 13.8.